The molecule has 0 radical (unpaired) electrons. The lowest BCUT2D eigenvalue weighted by Crippen LogP contribution is -2.56. The van der Waals surface area contributed by atoms with Crippen LogP contribution < -0.4 is 4.74 Å². The van der Waals surface area contributed by atoms with Gasteiger partial charge in [-0.15, -0.1) is 0 Å². The smallest absolute Gasteiger partial charge is 0.224 e. The molecular weight excluding hydrogens is 278 g/mol. The van der Waals surface area contributed by atoms with E-state index in [0.717, 1.165) is 11.3 Å². The molecule has 0 N–H and O–H groups in total. The van der Waals surface area contributed by atoms with E-state index in [9.17, 15) is 4.79 Å². The van der Waals surface area contributed by atoms with Gasteiger partial charge in [0.1, 0.15) is 11.9 Å². The van der Waals surface area contributed by atoms with Gasteiger partial charge in [0.15, 0.2) is 0 Å². The van der Waals surface area contributed by atoms with Gasteiger partial charge in [-0.2, -0.15) is 5.10 Å². The minimum absolute atomic E-state index is 0.109. The SMILES string of the molecule is Cc1cccc(OC2CN(C(=O)CCn3cc(C)cn3)C2)c1. The Morgan fingerprint density at radius 2 is 2.14 bits per heavy atom. The van der Waals surface area contributed by atoms with E-state index in [1.807, 2.05) is 53.9 Å². The molecule has 1 amide bonds. The topological polar surface area (TPSA) is 47.4 Å². The number of aryl methyl sites for hydroxylation is 3. The summed E-state index contributed by atoms with van der Waals surface area (Å²) in [6.45, 7) is 6.01. The molecule has 1 aliphatic heterocycles. The number of nitrogens with zero attached hydrogens (tertiary/aromatic N) is 3. The van der Waals surface area contributed by atoms with E-state index in [1.54, 1.807) is 6.20 Å². The van der Waals surface area contributed by atoms with Gasteiger partial charge < -0.3 is 9.64 Å². The number of hydrogen-bond donors (Lipinski definition) is 0. The summed E-state index contributed by atoms with van der Waals surface area (Å²) in [5, 5.41) is 4.19. The Bertz CT molecular complexity index is 659. The third kappa shape index (κ3) is 3.47. The molecule has 5 nitrogen and oxygen atoms in total. The number of ether oxygens (including phenoxy) is 1. The van der Waals surface area contributed by atoms with Crippen molar-refractivity contribution in [1.82, 2.24) is 14.7 Å². The van der Waals surface area contributed by atoms with Crippen LogP contribution in [-0.4, -0.2) is 39.8 Å². The molecule has 0 unspecified atom stereocenters. The highest BCUT2D eigenvalue weighted by Crippen LogP contribution is 2.19. The maximum Gasteiger partial charge on any atom is 0.224 e. The van der Waals surface area contributed by atoms with Gasteiger partial charge in [-0.05, 0) is 37.1 Å². The highest BCUT2D eigenvalue weighted by Gasteiger charge is 2.31. The summed E-state index contributed by atoms with van der Waals surface area (Å²) in [6, 6.07) is 8.00. The Morgan fingerprint density at radius 3 is 2.82 bits per heavy atom. The summed E-state index contributed by atoms with van der Waals surface area (Å²) in [5.41, 5.74) is 2.29. The van der Waals surface area contributed by atoms with Crippen LogP contribution in [0.4, 0.5) is 0 Å². The predicted molar refractivity (Wildman–Crippen MR) is 83.8 cm³/mol. The van der Waals surface area contributed by atoms with Crippen molar-refractivity contribution in [1.29, 1.82) is 0 Å². The van der Waals surface area contributed by atoms with Crippen molar-refractivity contribution in [2.75, 3.05) is 13.1 Å². The van der Waals surface area contributed by atoms with Gasteiger partial charge >= 0.3 is 0 Å². The molecule has 0 atom stereocenters. The summed E-state index contributed by atoms with van der Waals surface area (Å²) >= 11 is 0. The summed E-state index contributed by atoms with van der Waals surface area (Å²) in [7, 11) is 0. The van der Waals surface area contributed by atoms with Crippen LogP contribution in [-0.2, 0) is 11.3 Å². The van der Waals surface area contributed by atoms with Crippen LogP contribution in [0.15, 0.2) is 36.7 Å². The zero-order chi connectivity index (χ0) is 15.5. The van der Waals surface area contributed by atoms with Gasteiger partial charge in [0.05, 0.1) is 19.3 Å². The summed E-state index contributed by atoms with van der Waals surface area (Å²) in [4.78, 5) is 13.9. The number of carbonyl (C=O) groups excluding carboxylic acids is 1. The van der Waals surface area contributed by atoms with E-state index in [2.05, 4.69) is 5.10 Å². The molecule has 1 aromatic carbocycles. The highest BCUT2D eigenvalue weighted by molar-refractivity contribution is 5.77. The van der Waals surface area contributed by atoms with Crippen molar-refractivity contribution >= 4 is 5.91 Å². The van der Waals surface area contributed by atoms with Gasteiger partial charge in [0.2, 0.25) is 5.91 Å². The number of carbonyl (C=O) groups is 1. The zero-order valence-electron chi connectivity index (χ0n) is 13.0. The maximum atomic E-state index is 12.1. The summed E-state index contributed by atoms with van der Waals surface area (Å²) < 4.78 is 7.68. The fourth-order valence-electron chi connectivity index (χ4n) is 2.55. The average molecular weight is 299 g/mol. The van der Waals surface area contributed by atoms with Gasteiger partial charge in [-0.1, -0.05) is 12.1 Å². The molecule has 116 valence electrons. The predicted octanol–water partition coefficient (Wildman–Crippen LogP) is 2.18. The molecule has 0 bridgehead atoms. The van der Waals surface area contributed by atoms with Crippen LogP contribution in [0.2, 0.25) is 0 Å². The zero-order valence-corrected chi connectivity index (χ0v) is 13.0. The fourth-order valence-corrected chi connectivity index (χ4v) is 2.55. The summed E-state index contributed by atoms with van der Waals surface area (Å²) in [6.07, 6.45) is 4.35. The molecule has 1 saturated heterocycles. The molecule has 0 aliphatic carbocycles. The first kappa shape index (κ1) is 14.6. The van der Waals surface area contributed by atoms with Gasteiger partial charge in [-0.3, -0.25) is 9.48 Å². The second-order valence-electron chi connectivity index (χ2n) is 5.89. The molecule has 1 fully saturated rings. The van der Waals surface area contributed by atoms with E-state index < -0.39 is 0 Å². The second kappa shape index (κ2) is 6.22. The lowest BCUT2D eigenvalue weighted by molar-refractivity contribution is -0.140. The normalized spacial score (nSPS) is 14.7. The number of aromatic nitrogens is 2. The van der Waals surface area contributed by atoms with Crippen LogP contribution in [0.3, 0.4) is 0 Å². The lowest BCUT2D eigenvalue weighted by Gasteiger charge is -2.39. The summed E-state index contributed by atoms with van der Waals surface area (Å²) in [5.74, 6) is 1.04. The first-order valence-electron chi connectivity index (χ1n) is 7.60. The first-order valence-corrected chi connectivity index (χ1v) is 7.60. The third-order valence-corrected chi connectivity index (χ3v) is 3.81. The number of rotatable bonds is 5. The second-order valence-corrected chi connectivity index (χ2v) is 5.89. The van der Waals surface area contributed by atoms with Gasteiger partial charge in [-0.25, -0.2) is 0 Å². The van der Waals surface area contributed by atoms with Gasteiger partial charge in [0, 0.05) is 19.2 Å². The van der Waals surface area contributed by atoms with Crippen molar-refractivity contribution in [2.24, 2.45) is 0 Å². The van der Waals surface area contributed by atoms with E-state index in [1.165, 1.54) is 5.56 Å². The standard InChI is InChI=1S/C17H21N3O2/c1-13-4-3-5-15(8-13)22-16-11-19(12-16)17(21)6-7-20-10-14(2)9-18-20/h3-5,8-10,16H,6-7,11-12H2,1-2H3. The van der Waals surface area contributed by atoms with Crippen molar-refractivity contribution < 1.29 is 9.53 Å². The number of benzene rings is 1. The van der Waals surface area contributed by atoms with E-state index >= 15 is 0 Å². The molecule has 1 aliphatic rings. The molecule has 2 aromatic rings. The van der Waals surface area contributed by atoms with Crippen LogP contribution in [0.1, 0.15) is 17.5 Å². The number of amides is 1. The molecule has 0 spiro atoms. The monoisotopic (exact) mass is 299 g/mol. The van der Waals surface area contributed by atoms with Crippen molar-refractivity contribution in [3.05, 3.63) is 47.8 Å². The van der Waals surface area contributed by atoms with Crippen LogP contribution in [0.5, 0.6) is 5.75 Å². The average Bonchev–Trinajstić information content (AvgIpc) is 2.85. The fraction of sp³-hybridized carbons (Fsp3) is 0.412. The quantitative estimate of drug-likeness (QED) is 0.850. The molecular formula is C17H21N3O2. The largest absolute Gasteiger partial charge is 0.487 e. The first-order chi connectivity index (χ1) is 10.6. The maximum absolute atomic E-state index is 12.1. The number of likely N-dealkylation sites (tertiary alicyclic amines) is 1. The Kier molecular flexibility index (Phi) is 4.13. The molecule has 1 aromatic heterocycles. The highest BCUT2D eigenvalue weighted by atomic mass is 16.5. The third-order valence-electron chi connectivity index (χ3n) is 3.81. The Hall–Kier alpha value is -2.30. The molecule has 0 saturated carbocycles. The molecule has 2 heterocycles. The molecule has 22 heavy (non-hydrogen) atoms. The Morgan fingerprint density at radius 1 is 1.32 bits per heavy atom. The minimum Gasteiger partial charge on any atom is -0.487 e. The Labute approximate surface area is 130 Å². The number of hydrogen-bond acceptors (Lipinski definition) is 3. The Balaban J connectivity index is 1.42. The van der Waals surface area contributed by atoms with Gasteiger partial charge in [0.25, 0.3) is 0 Å². The van der Waals surface area contributed by atoms with E-state index in [0.29, 0.717) is 26.1 Å². The van der Waals surface area contributed by atoms with Crippen LogP contribution in [0, 0.1) is 13.8 Å². The van der Waals surface area contributed by atoms with Crippen molar-refractivity contribution in [2.45, 2.75) is 32.9 Å². The van der Waals surface area contributed by atoms with Crippen molar-refractivity contribution in [3.63, 3.8) is 0 Å². The molecule has 5 heteroatoms. The molecule has 3 rings (SSSR count). The van der Waals surface area contributed by atoms with Crippen LogP contribution >= 0.6 is 0 Å². The minimum atomic E-state index is 0.109. The van der Waals surface area contributed by atoms with Crippen LogP contribution in [0.25, 0.3) is 0 Å². The van der Waals surface area contributed by atoms with Crippen molar-refractivity contribution in [3.8, 4) is 5.75 Å². The van der Waals surface area contributed by atoms with E-state index in [-0.39, 0.29) is 12.0 Å². The van der Waals surface area contributed by atoms with E-state index in [4.69, 9.17) is 4.74 Å². The lowest BCUT2D eigenvalue weighted by atomic mass is 10.1.